The Morgan fingerprint density at radius 3 is 2.22 bits per heavy atom. The SMILES string of the molecule is CC(NN)C(=O)NCC1C2CC3CC(C2)CC1C3. The molecule has 4 heteroatoms. The third-order valence-electron chi connectivity index (χ3n) is 5.58. The fraction of sp³-hybridized carbons (Fsp3) is 0.929. The topological polar surface area (TPSA) is 67.1 Å². The molecule has 0 heterocycles. The Morgan fingerprint density at radius 1 is 1.17 bits per heavy atom. The third kappa shape index (κ3) is 2.16. The van der Waals surface area contributed by atoms with Gasteiger partial charge in [0.05, 0.1) is 6.04 Å². The lowest BCUT2D eigenvalue weighted by atomic mass is 9.52. The zero-order valence-corrected chi connectivity index (χ0v) is 11.2. The minimum atomic E-state index is -0.290. The van der Waals surface area contributed by atoms with Crippen LogP contribution < -0.4 is 16.6 Å². The van der Waals surface area contributed by atoms with E-state index in [9.17, 15) is 4.79 Å². The maximum atomic E-state index is 11.8. The molecule has 4 rings (SSSR count). The molecular formula is C14H25N3O. The lowest BCUT2D eigenvalue weighted by Gasteiger charge is -2.54. The molecule has 0 radical (unpaired) electrons. The highest BCUT2D eigenvalue weighted by atomic mass is 16.2. The van der Waals surface area contributed by atoms with Gasteiger partial charge >= 0.3 is 0 Å². The van der Waals surface area contributed by atoms with Crippen molar-refractivity contribution in [2.45, 2.75) is 45.1 Å². The highest BCUT2D eigenvalue weighted by molar-refractivity contribution is 5.81. The molecule has 4 N–H and O–H groups in total. The van der Waals surface area contributed by atoms with Crippen LogP contribution in [-0.4, -0.2) is 18.5 Å². The van der Waals surface area contributed by atoms with Crippen LogP contribution in [0.2, 0.25) is 0 Å². The summed E-state index contributed by atoms with van der Waals surface area (Å²) in [5.41, 5.74) is 2.50. The van der Waals surface area contributed by atoms with Gasteiger partial charge < -0.3 is 5.32 Å². The van der Waals surface area contributed by atoms with Crippen LogP contribution in [0.15, 0.2) is 0 Å². The Bertz CT molecular complexity index is 303. The molecule has 4 aliphatic carbocycles. The minimum Gasteiger partial charge on any atom is -0.354 e. The van der Waals surface area contributed by atoms with E-state index in [4.69, 9.17) is 5.84 Å². The van der Waals surface area contributed by atoms with Crippen LogP contribution in [0.4, 0.5) is 0 Å². The molecule has 0 saturated heterocycles. The maximum absolute atomic E-state index is 11.8. The summed E-state index contributed by atoms with van der Waals surface area (Å²) in [6, 6.07) is -0.290. The quantitative estimate of drug-likeness (QED) is 0.516. The van der Waals surface area contributed by atoms with Gasteiger partial charge in [-0.05, 0) is 68.6 Å². The van der Waals surface area contributed by atoms with Crippen molar-refractivity contribution in [3.8, 4) is 0 Å². The first-order valence-electron chi connectivity index (χ1n) is 7.41. The Balaban J connectivity index is 1.56. The zero-order chi connectivity index (χ0) is 12.7. The molecule has 102 valence electrons. The van der Waals surface area contributed by atoms with Gasteiger partial charge in [0.15, 0.2) is 0 Å². The summed E-state index contributed by atoms with van der Waals surface area (Å²) in [5.74, 6) is 9.81. The Kier molecular flexibility index (Phi) is 3.32. The first-order valence-corrected chi connectivity index (χ1v) is 7.41. The standard InChI is InChI=1S/C14H25N3O/c1-8(17-15)14(18)16-7-13-11-3-9-2-10(5-11)6-12(13)4-9/h8-13,17H,2-7,15H2,1H3,(H,16,18). The number of nitrogens with one attached hydrogen (secondary N) is 2. The predicted molar refractivity (Wildman–Crippen MR) is 70.3 cm³/mol. The van der Waals surface area contributed by atoms with Crippen molar-refractivity contribution >= 4 is 5.91 Å². The lowest BCUT2D eigenvalue weighted by Crippen LogP contribution is -2.51. The van der Waals surface area contributed by atoms with Crippen molar-refractivity contribution in [3.05, 3.63) is 0 Å². The molecule has 4 saturated carbocycles. The number of nitrogens with two attached hydrogens (primary N) is 1. The molecule has 0 aliphatic heterocycles. The van der Waals surface area contributed by atoms with Crippen LogP contribution in [0, 0.1) is 29.6 Å². The summed E-state index contributed by atoms with van der Waals surface area (Å²) >= 11 is 0. The van der Waals surface area contributed by atoms with Gasteiger partial charge in [-0.3, -0.25) is 10.6 Å². The first kappa shape index (κ1) is 12.4. The summed E-state index contributed by atoms with van der Waals surface area (Å²) in [6.45, 7) is 2.66. The number of amides is 1. The van der Waals surface area contributed by atoms with E-state index in [0.717, 1.165) is 36.1 Å². The summed E-state index contributed by atoms with van der Waals surface area (Å²) in [7, 11) is 0. The van der Waals surface area contributed by atoms with E-state index in [2.05, 4.69) is 10.7 Å². The maximum Gasteiger partial charge on any atom is 0.238 e. The molecule has 4 bridgehead atoms. The van der Waals surface area contributed by atoms with Crippen LogP contribution in [0.3, 0.4) is 0 Å². The van der Waals surface area contributed by atoms with Crippen molar-refractivity contribution in [3.63, 3.8) is 0 Å². The fourth-order valence-corrected chi connectivity index (χ4v) is 4.82. The monoisotopic (exact) mass is 251 g/mol. The molecule has 4 nitrogen and oxygen atoms in total. The number of rotatable bonds is 4. The number of carbonyl (C=O) groups is 1. The summed E-state index contributed by atoms with van der Waals surface area (Å²) in [4.78, 5) is 11.8. The summed E-state index contributed by atoms with van der Waals surface area (Å²) < 4.78 is 0. The van der Waals surface area contributed by atoms with Crippen LogP contribution in [0.1, 0.15) is 39.0 Å². The van der Waals surface area contributed by atoms with Gasteiger partial charge in [-0.2, -0.15) is 0 Å². The van der Waals surface area contributed by atoms with Crippen LogP contribution in [0.25, 0.3) is 0 Å². The van der Waals surface area contributed by atoms with Crippen LogP contribution in [-0.2, 0) is 4.79 Å². The normalized spacial score (nSPS) is 42.9. The molecule has 1 unspecified atom stereocenters. The molecule has 4 aliphatic rings. The summed E-state index contributed by atoms with van der Waals surface area (Å²) in [6.07, 6.45) is 7.15. The molecular weight excluding hydrogens is 226 g/mol. The second-order valence-electron chi connectivity index (χ2n) is 6.73. The molecule has 0 aromatic rings. The highest BCUT2D eigenvalue weighted by Gasteiger charge is 2.47. The second kappa shape index (κ2) is 4.82. The van der Waals surface area contributed by atoms with Crippen molar-refractivity contribution in [2.24, 2.45) is 35.4 Å². The molecule has 0 spiro atoms. The van der Waals surface area contributed by atoms with Crippen molar-refractivity contribution in [2.75, 3.05) is 6.54 Å². The smallest absolute Gasteiger partial charge is 0.238 e. The lowest BCUT2D eigenvalue weighted by molar-refractivity contribution is -0.123. The number of hydrogen-bond donors (Lipinski definition) is 3. The van der Waals surface area contributed by atoms with E-state index in [0.29, 0.717) is 0 Å². The van der Waals surface area contributed by atoms with Gasteiger partial charge in [0, 0.05) is 6.54 Å². The largest absolute Gasteiger partial charge is 0.354 e. The molecule has 0 aromatic heterocycles. The molecule has 1 amide bonds. The highest BCUT2D eigenvalue weighted by Crippen LogP contribution is 2.56. The fourth-order valence-electron chi connectivity index (χ4n) is 4.82. The van der Waals surface area contributed by atoms with Gasteiger partial charge in [0.2, 0.25) is 5.91 Å². The Labute approximate surface area is 109 Å². The van der Waals surface area contributed by atoms with Crippen LogP contribution >= 0.6 is 0 Å². The van der Waals surface area contributed by atoms with Gasteiger partial charge in [-0.15, -0.1) is 0 Å². The molecule has 18 heavy (non-hydrogen) atoms. The van der Waals surface area contributed by atoms with E-state index in [-0.39, 0.29) is 11.9 Å². The van der Waals surface area contributed by atoms with Gasteiger partial charge in [-0.25, -0.2) is 5.43 Å². The molecule has 0 aromatic carbocycles. The van der Waals surface area contributed by atoms with Crippen LogP contribution in [0.5, 0.6) is 0 Å². The van der Waals surface area contributed by atoms with E-state index in [1.807, 2.05) is 0 Å². The first-order chi connectivity index (χ1) is 8.67. The summed E-state index contributed by atoms with van der Waals surface area (Å²) in [5, 5.41) is 3.08. The Hall–Kier alpha value is -0.610. The van der Waals surface area contributed by atoms with E-state index in [1.165, 1.54) is 32.1 Å². The van der Waals surface area contributed by atoms with Crippen molar-refractivity contribution < 1.29 is 4.79 Å². The number of hydrogen-bond acceptors (Lipinski definition) is 3. The number of hydrazine groups is 1. The van der Waals surface area contributed by atoms with Gasteiger partial charge in [0.25, 0.3) is 0 Å². The molecule has 1 atom stereocenters. The Morgan fingerprint density at radius 2 is 1.72 bits per heavy atom. The predicted octanol–water partition coefficient (Wildman–Crippen LogP) is 1.03. The average molecular weight is 251 g/mol. The van der Waals surface area contributed by atoms with Crippen molar-refractivity contribution in [1.82, 2.24) is 10.7 Å². The van der Waals surface area contributed by atoms with Gasteiger partial charge in [-0.1, -0.05) is 0 Å². The van der Waals surface area contributed by atoms with E-state index < -0.39 is 0 Å². The zero-order valence-electron chi connectivity index (χ0n) is 11.2. The third-order valence-corrected chi connectivity index (χ3v) is 5.58. The molecule has 4 fully saturated rings. The number of carbonyl (C=O) groups excluding carboxylic acids is 1. The van der Waals surface area contributed by atoms with Crippen molar-refractivity contribution in [1.29, 1.82) is 0 Å². The minimum absolute atomic E-state index is 0.0336. The van der Waals surface area contributed by atoms with E-state index >= 15 is 0 Å². The van der Waals surface area contributed by atoms with Gasteiger partial charge in [0.1, 0.15) is 0 Å². The second-order valence-corrected chi connectivity index (χ2v) is 6.73. The van der Waals surface area contributed by atoms with E-state index in [1.54, 1.807) is 6.92 Å². The average Bonchev–Trinajstić information content (AvgIpc) is 2.35.